The first-order valence-electron chi connectivity index (χ1n) is 8.48. The number of rotatable bonds is 7. The van der Waals surface area contributed by atoms with Crippen molar-refractivity contribution in [3.8, 4) is 0 Å². The molecule has 3 rings (SSSR count). The van der Waals surface area contributed by atoms with Crippen molar-refractivity contribution in [2.75, 3.05) is 5.32 Å². The molecule has 1 atom stereocenters. The summed E-state index contributed by atoms with van der Waals surface area (Å²) in [6, 6.07) is 20.0. The third-order valence-electron chi connectivity index (χ3n) is 4.22. The first kappa shape index (κ1) is 19.9. The van der Waals surface area contributed by atoms with Crippen molar-refractivity contribution in [2.45, 2.75) is 12.5 Å². The lowest BCUT2D eigenvalue weighted by molar-refractivity contribution is -0.384. The zero-order chi connectivity index (χ0) is 20.1. The topological polar surface area (TPSA) is 72.2 Å². The van der Waals surface area contributed by atoms with Crippen LogP contribution in [0.25, 0.3) is 0 Å². The number of hydrogen-bond acceptors (Lipinski definition) is 4. The second kappa shape index (κ2) is 8.87. The van der Waals surface area contributed by atoms with Crippen LogP contribution < -0.4 is 5.32 Å². The second-order valence-corrected chi connectivity index (χ2v) is 7.01. The lowest BCUT2D eigenvalue weighted by Crippen LogP contribution is -2.16. The Labute approximate surface area is 172 Å². The standard InChI is InChI=1S/C21H16Cl2N2O3/c22-16-7-4-8-17(12-16)24-19(13-21(26)14-5-2-1-3-6-14)15-9-10-18(23)20(11-15)25(27)28/h1-12,19,24H,13H2. The fourth-order valence-corrected chi connectivity index (χ4v) is 3.22. The highest BCUT2D eigenvalue weighted by atomic mass is 35.5. The van der Waals surface area contributed by atoms with Gasteiger partial charge in [-0.2, -0.15) is 0 Å². The molecule has 0 bridgehead atoms. The maximum atomic E-state index is 12.7. The van der Waals surface area contributed by atoms with Crippen molar-refractivity contribution in [1.29, 1.82) is 0 Å². The molecular formula is C21H16Cl2N2O3. The zero-order valence-corrected chi connectivity index (χ0v) is 16.2. The largest absolute Gasteiger partial charge is 0.378 e. The molecule has 0 spiro atoms. The van der Waals surface area contributed by atoms with Gasteiger partial charge in [-0.05, 0) is 29.8 Å². The fourth-order valence-electron chi connectivity index (χ4n) is 2.85. The summed E-state index contributed by atoms with van der Waals surface area (Å²) in [6.45, 7) is 0. The first-order valence-corrected chi connectivity index (χ1v) is 9.24. The summed E-state index contributed by atoms with van der Waals surface area (Å²) < 4.78 is 0. The number of nitro groups is 1. The maximum Gasteiger partial charge on any atom is 0.288 e. The smallest absolute Gasteiger partial charge is 0.288 e. The Morgan fingerprint density at radius 3 is 2.43 bits per heavy atom. The average Bonchev–Trinajstić information content (AvgIpc) is 2.68. The summed E-state index contributed by atoms with van der Waals surface area (Å²) >= 11 is 12.0. The normalized spacial score (nSPS) is 11.6. The molecule has 1 unspecified atom stereocenters. The van der Waals surface area contributed by atoms with E-state index in [4.69, 9.17) is 23.2 Å². The molecule has 0 saturated carbocycles. The van der Waals surface area contributed by atoms with Crippen molar-refractivity contribution in [2.24, 2.45) is 0 Å². The van der Waals surface area contributed by atoms with Gasteiger partial charge in [0.2, 0.25) is 0 Å². The van der Waals surface area contributed by atoms with Crippen molar-refractivity contribution >= 4 is 40.4 Å². The van der Waals surface area contributed by atoms with Gasteiger partial charge in [-0.15, -0.1) is 0 Å². The average molecular weight is 415 g/mol. The molecule has 1 N–H and O–H groups in total. The predicted molar refractivity (Wildman–Crippen MR) is 111 cm³/mol. The maximum absolute atomic E-state index is 12.7. The van der Waals surface area contributed by atoms with Gasteiger partial charge in [-0.3, -0.25) is 14.9 Å². The van der Waals surface area contributed by atoms with E-state index in [9.17, 15) is 14.9 Å². The van der Waals surface area contributed by atoms with Crippen molar-refractivity contribution in [1.82, 2.24) is 0 Å². The molecular weight excluding hydrogens is 399 g/mol. The number of ketones is 1. The Morgan fingerprint density at radius 2 is 1.75 bits per heavy atom. The predicted octanol–water partition coefficient (Wildman–Crippen LogP) is 6.33. The van der Waals surface area contributed by atoms with Crippen LogP contribution in [0, 0.1) is 10.1 Å². The fraction of sp³-hybridized carbons (Fsp3) is 0.0952. The van der Waals surface area contributed by atoms with Crippen LogP contribution in [0.15, 0.2) is 72.8 Å². The molecule has 3 aromatic carbocycles. The van der Waals surface area contributed by atoms with Gasteiger partial charge in [-0.25, -0.2) is 0 Å². The Hall–Kier alpha value is -2.89. The van der Waals surface area contributed by atoms with Gasteiger partial charge in [0.15, 0.2) is 5.78 Å². The minimum atomic E-state index is -0.540. The number of nitrogens with one attached hydrogen (secondary N) is 1. The summed E-state index contributed by atoms with van der Waals surface area (Å²) in [6.07, 6.45) is 0.106. The summed E-state index contributed by atoms with van der Waals surface area (Å²) in [4.78, 5) is 23.5. The molecule has 5 nitrogen and oxygen atoms in total. The van der Waals surface area contributed by atoms with E-state index in [0.29, 0.717) is 21.8 Å². The highest BCUT2D eigenvalue weighted by molar-refractivity contribution is 6.32. The molecule has 0 aliphatic carbocycles. The third-order valence-corrected chi connectivity index (χ3v) is 4.77. The Morgan fingerprint density at radius 1 is 1.00 bits per heavy atom. The first-order chi connectivity index (χ1) is 13.4. The Kier molecular flexibility index (Phi) is 6.29. The molecule has 0 aromatic heterocycles. The van der Waals surface area contributed by atoms with Gasteiger partial charge in [0.25, 0.3) is 5.69 Å². The van der Waals surface area contributed by atoms with E-state index >= 15 is 0 Å². The summed E-state index contributed by atoms with van der Waals surface area (Å²) in [7, 11) is 0. The molecule has 0 aliphatic rings. The quantitative estimate of drug-likeness (QED) is 0.278. The van der Waals surface area contributed by atoms with Crippen LogP contribution in [0.1, 0.15) is 28.4 Å². The molecule has 0 fully saturated rings. The van der Waals surface area contributed by atoms with Gasteiger partial charge in [0, 0.05) is 28.8 Å². The van der Waals surface area contributed by atoms with Crippen LogP contribution in [0.4, 0.5) is 11.4 Å². The lowest BCUT2D eigenvalue weighted by atomic mass is 9.97. The number of Topliss-reactive ketones (excluding diaryl/α,β-unsaturated/α-hetero) is 1. The number of nitro benzene ring substituents is 1. The van der Waals surface area contributed by atoms with Crippen LogP contribution in [0.2, 0.25) is 10.0 Å². The van der Waals surface area contributed by atoms with Crippen molar-refractivity contribution in [3.63, 3.8) is 0 Å². The van der Waals surface area contributed by atoms with E-state index < -0.39 is 11.0 Å². The van der Waals surface area contributed by atoms with Crippen LogP contribution in [-0.4, -0.2) is 10.7 Å². The molecule has 0 heterocycles. The highest BCUT2D eigenvalue weighted by Crippen LogP contribution is 2.32. The Balaban J connectivity index is 1.95. The number of carbonyl (C=O) groups excluding carboxylic acids is 1. The van der Waals surface area contributed by atoms with Gasteiger partial charge < -0.3 is 5.32 Å². The number of halogens is 2. The third kappa shape index (κ3) is 4.88. The number of anilines is 1. The van der Waals surface area contributed by atoms with Crippen molar-refractivity contribution in [3.05, 3.63) is 104 Å². The molecule has 7 heteroatoms. The molecule has 0 aliphatic heterocycles. The van der Waals surface area contributed by atoms with Gasteiger partial charge >= 0.3 is 0 Å². The lowest BCUT2D eigenvalue weighted by Gasteiger charge is -2.20. The van der Waals surface area contributed by atoms with Gasteiger partial charge in [0.1, 0.15) is 5.02 Å². The Bertz CT molecular complexity index is 1010. The van der Waals surface area contributed by atoms with E-state index in [0.717, 1.165) is 0 Å². The molecule has 142 valence electrons. The molecule has 0 radical (unpaired) electrons. The van der Waals surface area contributed by atoms with E-state index in [-0.39, 0.29) is 22.9 Å². The number of carbonyl (C=O) groups is 1. The minimum absolute atomic E-state index is 0.0460. The summed E-state index contributed by atoms with van der Waals surface area (Å²) in [5, 5.41) is 15.1. The van der Waals surface area contributed by atoms with E-state index in [1.165, 1.54) is 12.1 Å². The number of benzene rings is 3. The van der Waals surface area contributed by atoms with Crippen LogP contribution in [0.3, 0.4) is 0 Å². The highest BCUT2D eigenvalue weighted by Gasteiger charge is 2.21. The zero-order valence-electron chi connectivity index (χ0n) is 14.6. The molecule has 0 amide bonds. The number of nitrogens with zero attached hydrogens (tertiary/aromatic N) is 1. The summed E-state index contributed by atoms with van der Waals surface area (Å²) in [5.74, 6) is -0.0854. The van der Waals surface area contributed by atoms with Crippen LogP contribution >= 0.6 is 23.2 Å². The monoisotopic (exact) mass is 414 g/mol. The molecule has 28 heavy (non-hydrogen) atoms. The van der Waals surface area contributed by atoms with Crippen LogP contribution in [0.5, 0.6) is 0 Å². The van der Waals surface area contributed by atoms with Crippen molar-refractivity contribution < 1.29 is 9.72 Å². The SMILES string of the molecule is O=C(CC(Nc1cccc(Cl)c1)c1ccc(Cl)c([N+](=O)[O-])c1)c1ccccc1. The van der Waals surface area contributed by atoms with Gasteiger partial charge in [-0.1, -0.05) is 65.7 Å². The minimum Gasteiger partial charge on any atom is -0.378 e. The number of hydrogen-bond donors (Lipinski definition) is 1. The summed E-state index contributed by atoms with van der Waals surface area (Å²) in [5.41, 5.74) is 1.66. The van der Waals surface area contributed by atoms with Gasteiger partial charge in [0.05, 0.1) is 11.0 Å². The molecule has 3 aromatic rings. The van der Waals surface area contributed by atoms with Crippen LogP contribution in [-0.2, 0) is 0 Å². The second-order valence-electron chi connectivity index (χ2n) is 6.17. The van der Waals surface area contributed by atoms with E-state index in [1.807, 2.05) is 12.1 Å². The van der Waals surface area contributed by atoms with E-state index in [1.54, 1.807) is 48.5 Å². The molecule has 0 saturated heterocycles. The van der Waals surface area contributed by atoms with E-state index in [2.05, 4.69) is 5.32 Å².